The molecule has 2 N–H and O–H groups in total. The standard InChI is InChI=1S/C13H22N2O2S4/c1-3-14-8-12-10(2)6-13(20-12)21(16,17)15-7-11-9-18-4-5-19-11/h6,11,14-15H,3-5,7-9H2,1-2H3. The number of thioether (sulfide) groups is 2. The Bertz CT molecular complexity index is 551. The molecule has 0 radical (unpaired) electrons. The van der Waals surface area contributed by atoms with Gasteiger partial charge >= 0.3 is 0 Å². The van der Waals surface area contributed by atoms with Gasteiger partial charge in [0.15, 0.2) is 0 Å². The average molecular weight is 367 g/mol. The predicted octanol–water partition coefficient (Wildman–Crippen LogP) is 2.29. The monoisotopic (exact) mass is 366 g/mol. The van der Waals surface area contributed by atoms with E-state index in [0.717, 1.165) is 35.0 Å². The van der Waals surface area contributed by atoms with Crippen LogP contribution in [0.15, 0.2) is 10.3 Å². The van der Waals surface area contributed by atoms with E-state index in [1.165, 1.54) is 17.1 Å². The van der Waals surface area contributed by atoms with Crippen molar-refractivity contribution >= 4 is 44.9 Å². The third-order valence-corrected chi connectivity index (χ3v) is 9.16. The fourth-order valence-corrected chi connectivity index (χ4v) is 7.37. The van der Waals surface area contributed by atoms with Crippen molar-refractivity contribution in [3.63, 3.8) is 0 Å². The van der Waals surface area contributed by atoms with Gasteiger partial charge in [0.05, 0.1) is 0 Å². The molecule has 8 heteroatoms. The van der Waals surface area contributed by atoms with Gasteiger partial charge in [0.1, 0.15) is 4.21 Å². The fourth-order valence-electron chi connectivity index (χ4n) is 1.96. The zero-order valence-corrected chi connectivity index (χ0v) is 15.6. The number of rotatable bonds is 7. The molecule has 0 saturated carbocycles. The molecule has 21 heavy (non-hydrogen) atoms. The highest BCUT2D eigenvalue weighted by atomic mass is 32.2. The number of hydrogen-bond acceptors (Lipinski definition) is 6. The Balaban J connectivity index is 1.98. The SMILES string of the molecule is CCNCc1sc(S(=O)(=O)NCC2CSCCS2)cc1C. The molecule has 1 aliphatic rings. The summed E-state index contributed by atoms with van der Waals surface area (Å²) in [6, 6.07) is 1.78. The zero-order valence-electron chi connectivity index (χ0n) is 12.3. The number of sulfonamides is 1. The largest absolute Gasteiger partial charge is 0.312 e. The molecule has 1 atom stereocenters. The molecule has 4 nitrogen and oxygen atoms in total. The van der Waals surface area contributed by atoms with Gasteiger partial charge in [-0.3, -0.25) is 0 Å². The van der Waals surface area contributed by atoms with Crippen LogP contribution in [0.25, 0.3) is 0 Å². The second kappa shape index (κ2) is 8.21. The van der Waals surface area contributed by atoms with Crippen LogP contribution in [0.4, 0.5) is 0 Å². The first-order chi connectivity index (χ1) is 10.0. The van der Waals surface area contributed by atoms with Crippen LogP contribution in [-0.2, 0) is 16.6 Å². The minimum absolute atomic E-state index is 0.390. The van der Waals surface area contributed by atoms with Crippen molar-refractivity contribution in [1.29, 1.82) is 0 Å². The summed E-state index contributed by atoms with van der Waals surface area (Å²) in [6.07, 6.45) is 0. The van der Waals surface area contributed by atoms with Crippen molar-refractivity contribution in [2.45, 2.75) is 29.9 Å². The molecule has 2 heterocycles. The van der Waals surface area contributed by atoms with E-state index in [4.69, 9.17) is 0 Å². The van der Waals surface area contributed by atoms with E-state index in [1.807, 2.05) is 37.4 Å². The third kappa shape index (κ3) is 5.14. The molecule has 2 rings (SSSR count). The first-order valence-electron chi connectivity index (χ1n) is 7.02. The molecule has 0 aliphatic carbocycles. The number of thiophene rings is 1. The maximum Gasteiger partial charge on any atom is 0.250 e. The average Bonchev–Trinajstić information content (AvgIpc) is 2.86. The summed E-state index contributed by atoms with van der Waals surface area (Å²) in [5.74, 6) is 3.32. The van der Waals surface area contributed by atoms with Gasteiger partial charge in [-0.1, -0.05) is 6.92 Å². The molecular weight excluding hydrogens is 344 g/mol. The minimum atomic E-state index is -3.37. The van der Waals surface area contributed by atoms with Crippen molar-refractivity contribution in [3.05, 3.63) is 16.5 Å². The van der Waals surface area contributed by atoms with Crippen LogP contribution in [0.2, 0.25) is 0 Å². The highest BCUT2D eigenvalue weighted by Gasteiger charge is 2.21. The van der Waals surface area contributed by atoms with Gasteiger partial charge in [-0.2, -0.15) is 23.5 Å². The molecule has 0 amide bonds. The van der Waals surface area contributed by atoms with E-state index in [0.29, 0.717) is 16.0 Å². The Morgan fingerprint density at radius 2 is 2.19 bits per heavy atom. The van der Waals surface area contributed by atoms with Gasteiger partial charge in [0.2, 0.25) is 10.0 Å². The summed E-state index contributed by atoms with van der Waals surface area (Å²) in [4.78, 5) is 1.10. The Morgan fingerprint density at radius 3 is 2.86 bits per heavy atom. The summed E-state index contributed by atoms with van der Waals surface area (Å²) in [5.41, 5.74) is 1.05. The van der Waals surface area contributed by atoms with Gasteiger partial charge < -0.3 is 5.32 Å². The lowest BCUT2D eigenvalue weighted by Crippen LogP contribution is -2.33. The lowest BCUT2D eigenvalue weighted by atomic mass is 10.3. The second-order valence-corrected chi connectivity index (χ2v) is 10.6. The van der Waals surface area contributed by atoms with Gasteiger partial charge in [-0.25, -0.2) is 13.1 Å². The van der Waals surface area contributed by atoms with Crippen LogP contribution >= 0.6 is 34.9 Å². The van der Waals surface area contributed by atoms with Crippen molar-refractivity contribution in [2.24, 2.45) is 0 Å². The molecule has 0 aromatic carbocycles. The van der Waals surface area contributed by atoms with Crippen molar-refractivity contribution < 1.29 is 8.42 Å². The van der Waals surface area contributed by atoms with E-state index in [-0.39, 0.29) is 0 Å². The molecule has 1 fully saturated rings. The van der Waals surface area contributed by atoms with E-state index in [1.54, 1.807) is 6.07 Å². The van der Waals surface area contributed by atoms with Gasteiger partial charge in [0.25, 0.3) is 0 Å². The Kier molecular flexibility index (Phi) is 6.89. The topological polar surface area (TPSA) is 58.2 Å². The first kappa shape index (κ1) is 17.6. The van der Waals surface area contributed by atoms with Gasteiger partial charge in [0, 0.05) is 40.5 Å². The highest BCUT2D eigenvalue weighted by Crippen LogP contribution is 2.27. The van der Waals surface area contributed by atoms with Crippen molar-refractivity contribution in [3.8, 4) is 0 Å². The first-order valence-corrected chi connectivity index (χ1v) is 11.5. The van der Waals surface area contributed by atoms with Gasteiger partial charge in [-0.05, 0) is 25.1 Å². The molecule has 1 aromatic rings. The van der Waals surface area contributed by atoms with Crippen molar-refractivity contribution in [2.75, 3.05) is 30.3 Å². The molecule has 1 aliphatic heterocycles. The maximum absolute atomic E-state index is 12.4. The summed E-state index contributed by atoms with van der Waals surface area (Å²) >= 11 is 5.14. The fraction of sp³-hybridized carbons (Fsp3) is 0.692. The lowest BCUT2D eigenvalue weighted by molar-refractivity contribution is 0.583. The van der Waals surface area contributed by atoms with E-state index in [9.17, 15) is 8.42 Å². The van der Waals surface area contributed by atoms with E-state index >= 15 is 0 Å². The van der Waals surface area contributed by atoms with Crippen LogP contribution in [0.1, 0.15) is 17.4 Å². The number of hydrogen-bond donors (Lipinski definition) is 2. The van der Waals surface area contributed by atoms with Crippen LogP contribution in [0, 0.1) is 6.92 Å². The molecule has 120 valence electrons. The lowest BCUT2D eigenvalue weighted by Gasteiger charge is -2.20. The predicted molar refractivity (Wildman–Crippen MR) is 95.2 cm³/mol. The van der Waals surface area contributed by atoms with Gasteiger partial charge in [-0.15, -0.1) is 11.3 Å². The molecule has 1 saturated heterocycles. The molecule has 0 spiro atoms. The summed E-state index contributed by atoms with van der Waals surface area (Å²) in [7, 11) is -3.37. The molecule has 1 aromatic heterocycles. The van der Waals surface area contributed by atoms with Crippen LogP contribution < -0.4 is 10.0 Å². The number of aryl methyl sites for hydroxylation is 1. The Morgan fingerprint density at radius 1 is 1.38 bits per heavy atom. The minimum Gasteiger partial charge on any atom is -0.312 e. The summed E-state index contributed by atoms with van der Waals surface area (Å²) in [6.45, 7) is 6.16. The Labute approximate surface area is 139 Å². The van der Waals surface area contributed by atoms with E-state index < -0.39 is 10.0 Å². The van der Waals surface area contributed by atoms with Crippen LogP contribution in [0.5, 0.6) is 0 Å². The zero-order chi connectivity index (χ0) is 15.3. The molecule has 1 unspecified atom stereocenters. The molecular formula is C13H22N2O2S4. The highest BCUT2D eigenvalue weighted by molar-refractivity contribution is 8.06. The van der Waals surface area contributed by atoms with E-state index in [2.05, 4.69) is 10.0 Å². The van der Waals surface area contributed by atoms with Crippen LogP contribution in [0.3, 0.4) is 0 Å². The van der Waals surface area contributed by atoms with Crippen LogP contribution in [-0.4, -0.2) is 44.0 Å². The number of nitrogens with one attached hydrogen (secondary N) is 2. The Hall–Kier alpha value is 0.270. The normalized spacial score (nSPS) is 19.8. The molecule has 0 bridgehead atoms. The van der Waals surface area contributed by atoms with Crippen molar-refractivity contribution in [1.82, 2.24) is 10.0 Å². The summed E-state index contributed by atoms with van der Waals surface area (Å²) < 4.78 is 28.0. The quantitative estimate of drug-likeness (QED) is 0.775. The second-order valence-electron chi connectivity index (χ2n) is 4.87. The third-order valence-electron chi connectivity index (χ3n) is 3.18. The summed E-state index contributed by atoms with van der Waals surface area (Å²) in [5, 5.41) is 3.63. The smallest absolute Gasteiger partial charge is 0.250 e. The maximum atomic E-state index is 12.4.